The first-order chi connectivity index (χ1) is 16.1. The van der Waals surface area contributed by atoms with Gasteiger partial charge in [0.2, 0.25) is 0 Å². The number of aromatic nitrogens is 6. The Morgan fingerprint density at radius 2 is 1.94 bits per heavy atom. The Bertz CT molecular complexity index is 1460. The van der Waals surface area contributed by atoms with Crippen LogP contribution >= 0.6 is 0 Å². The lowest BCUT2D eigenvalue weighted by atomic mass is 10.1. The number of halogens is 3. The Labute approximate surface area is 190 Å². The van der Waals surface area contributed by atoms with E-state index in [2.05, 4.69) is 20.4 Å². The molecule has 4 aromatic heterocycles. The van der Waals surface area contributed by atoms with Crippen molar-refractivity contribution in [2.45, 2.75) is 39.5 Å². The predicted octanol–water partition coefficient (Wildman–Crippen LogP) is 2.33. The van der Waals surface area contributed by atoms with E-state index in [4.69, 9.17) is 4.52 Å². The van der Waals surface area contributed by atoms with Crippen LogP contribution in [0, 0.1) is 6.92 Å². The topological polar surface area (TPSA) is 113 Å². The van der Waals surface area contributed by atoms with E-state index in [-0.39, 0.29) is 36.6 Å². The number of anilines is 1. The fourth-order valence-electron chi connectivity index (χ4n) is 3.62. The zero-order chi connectivity index (χ0) is 24.6. The Morgan fingerprint density at radius 3 is 2.59 bits per heavy atom. The average molecular weight is 477 g/mol. The molecule has 180 valence electrons. The van der Waals surface area contributed by atoms with Crippen molar-refractivity contribution >= 4 is 17.0 Å². The SMILES string of the molecule is CCc1cc(NCCn2cnc3c2c(=O)n(Cc2cc(C)on2)c(=O)n3C)nc(C(F)(F)F)c1. The second-order valence-corrected chi connectivity index (χ2v) is 7.80. The molecule has 10 nitrogen and oxygen atoms in total. The summed E-state index contributed by atoms with van der Waals surface area (Å²) < 4.78 is 48.3. The summed E-state index contributed by atoms with van der Waals surface area (Å²) in [5, 5.41) is 6.71. The number of pyridine rings is 1. The zero-order valence-electron chi connectivity index (χ0n) is 18.7. The molecular weight excluding hydrogens is 455 g/mol. The Balaban J connectivity index is 1.61. The van der Waals surface area contributed by atoms with Crippen LogP contribution in [0.4, 0.5) is 19.0 Å². The molecule has 0 saturated carbocycles. The third-order valence-electron chi connectivity index (χ3n) is 5.34. The molecule has 4 heterocycles. The fraction of sp³-hybridized carbons (Fsp3) is 0.381. The molecule has 0 aromatic carbocycles. The van der Waals surface area contributed by atoms with Crippen molar-refractivity contribution in [1.82, 2.24) is 28.8 Å². The number of alkyl halides is 3. The van der Waals surface area contributed by atoms with Gasteiger partial charge in [-0.15, -0.1) is 0 Å². The van der Waals surface area contributed by atoms with Gasteiger partial charge in [0, 0.05) is 26.2 Å². The Morgan fingerprint density at radius 1 is 1.18 bits per heavy atom. The number of hydrogen-bond donors (Lipinski definition) is 1. The summed E-state index contributed by atoms with van der Waals surface area (Å²) in [6.07, 6.45) is -2.72. The van der Waals surface area contributed by atoms with Crippen molar-refractivity contribution in [3.63, 3.8) is 0 Å². The summed E-state index contributed by atoms with van der Waals surface area (Å²) in [5.41, 5.74) is -0.764. The highest BCUT2D eigenvalue weighted by Gasteiger charge is 2.33. The van der Waals surface area contributed by atoms with Crippen molar-refractivity contribution in [3.05, 3.63) is 68.1 Å². The molecular formula is C21H22F3N7O3. The highest BCUT2D eigenvalue weighted by atomic mass is 19.4. The van der Waals surface area contributed by atoms with Gasteiger partial charge < -0.3 is 14.4 Å². The van der Waals surface area contributed by atoms with Crippen molar-refractivity contribution in [2.75, 3.05) is 11.9 Å². The van der Waals surface area contributed by atoms with Gasteiger partial charge >= 0.3 is 11.9 Å². The van der Waals surface area contributed by atoms with Crippen molar-refractivity contribution in [2.24, 2.45) is 7.05 Å². The molecule has 4 aromatic rings. The molecule has 0 aliphatic rings. The summed E-state index contributed by atoms with van der Waals surface area (Å²) in [6.45, 7) is 3.76. The Kier molecular flexibility index (Phi) is 6.02. The predicted molar refractivity (Wildman–Crippen MR) is 117 cm³/mol. The van der Waals surface area contributed by atoms with Gasteiger partial charge in [0.1, 0.15) is 23.0 Å². The van der Waals surface area contributed by atoms with Crippen molar-refractivity contribution < 1.29 is 17.7 Å². The highest BCUT2D eigenvalue weighted by Crippen LogP contribution is 2.29. The van der Waals surface area contributed by atoms with Crippen molar-refractivity contribution in [1.29, 1.82) is 0 Å². The maximum Gasteiger partial charge on any atom is 0.433 e. The molecule has 0 unspecified atom stereocenters. The van der Waals surface area contributed by atoms with E-state index in [0.29, 0.717) is 23.4 Å². The van der Waals surface area contributed by atoms with Crippen LogP contribution in [-0.2, 0) is 32.7 Å². The normalized spacial score (nSPS) is 11.9. The standard InChI is InChI=1S/C21H22F3N7O3/c1-4-13-8-15(21(22,23)24)27-16(9-13)25-5-6-30-11-26-18-17(30)19(32)31(20(33)29(18)3)10-14-7-12(2)34-28-14/h7-9,11H,4-6,10H2,1-3H3,(H,25,27). The van der Waals surface area contributed by atoms with Crippen LogP contribution < -0.4 is 16.6 Å². The molecule has 0 spiro atoms. The van der Waals surface area contributed by atoms with Gasteiger partial charge in [0.15, 0.2) is 11.2 Å². The van der Waals surface area contributed by atoms with Gasteiger partial charge in [0.05, 0.1) is 12.9 Å². The average Bonchev–Trinajstić information content (AvgIpc) is 3.40. The molecule has 4 rings (SSSR count). The first kappa shape index (κ1) is 23.3. The van der Waals surface area contributed by atoms with E-state index >= 15 is 0 Å². The van der Waals surface area contributed by atoms with E-state index in [1.165, 1.54) is 17.9 Å². The van der Waals surface area contributed by atoms with E-state index in [9.17, 15) is 22.8 Å². The van der Waals surface area contributed by atoms with Crippen LogP contribution in [0.2, 0.25) is 0 Å². The van der Waals surface area contributed by atoms with E-state index in [0.717, 1.165) is 10.6 Å². The summed E-state index contributed by atoms with van der Waals surface area (Å²) >= 11 is 0. The maximum absolute atomic E-state index is 13.1. The zero-order valence-corrected chi connectivity index (χ0v) is 18.7. The van der Waals surface area contributed by atoms with Crippen LogP contribution in [0.25, 0.3) is 11.2 Å². The van der Waals surface area contributed by atoms with Crippen LogP contribution in [0.3, 0.4) is 0 Å². The van der Waals surface area contributed by atoms with Gasteiger partial charge in [-0.1, -0.05) is 12.1 Å². The molecule has 13 heteroatoms. The lowest BCUT2D eigenvalue weighted by Crippen LogP contribution is -2.40. The summed E-state index contributed by atoms with van der Waals surface area (Å²) in [5.74, 6) is 0.633. The number of hydrogen-bond acceptors (Lipinski definition) is 7. The molecule has 0 radical (unpaired) electrons. The number of fused-ring (bicyclic) bond motifs is 1. The second-order valence-electron chi connectivity index (χ2n) is 7.80. The van der Waals surface area contributed by atoms with Crippen LogP contribution in [0.5, 0.6) is 0 Å². The molecule has 0 fully saturated rings. The van der Waals surface area contributed by atoms with Crippen molar-refractivity contribution in [3.8, 4) is 0 Å². The van der Waals surface area contributed by atoms with Crippen LogP contribution in [0.1, 0.15) is 29.6 Å². The second kappa shape index (κ2) is 8.80. The minimum Gasteiger partial charge on any atom is -0.368 e. The lowest BCUT2D eigenvalue weighted by molar-refractivity contribution is -0.141. The summed E-state index contributed by atoms with van der Waals surface area (Å²) in [7, 11) is 1.50. The van der Waals surface area contributed by atoms with Gasteiger partial charge in [-0.25, -0.2) is 14.8 Å². The van der Waals surface area contributed by atoms with E-state index in [1.54, 1.807) is 30.5 Å². The van der Waals surface area contributed by atoms with Crippen LogP contribution in [0.15, 0.2) is 38.6 Å². The van der Waals surface area contributed by atoms with Gasteiger partial charge in [0.25, 0.3) is 5.56 Å². The molecule has 1 N–H and O–H groups in total. The first-order valence-electron chi connectivity index (χ1n) is 10.5. The molecule has 0 amide bonds. The molecule has 0 aliphatic carbocycles. The summed E-state index contributed by atoms with van der Waals surface area (Å²) in [4.78, 5) is 33.7. The fourth-order valence-corrected chi connectivity index (χ4v) is 3.62. The van der Waals surface area contributed by atoms with Gasteiger partial charge in [-0.05, 0) is 31.0 Å². The molecule has 0 aliphatic heterocycles. The minimum absolute atomic E-state index is 0.0732. The number of rotatable bonds is 7. The maximum atomic E-state index is 13.1. The highest BCUT2D eigenvalue weighted by molar-refractivity contribution is 5.70. The third kappa shape index (κ3) is 4.45. The molecule has 0 saturated heterocycles. The molecule has 0 atom stereocenters. The van der Waals surface area contributed by atoms with Crippen LogP contribution in [-0.4, -0.2) is 35.4 Å². The smallest absolute Gasteiger partial charge is 0.368 e. The number of imidazole rings is 1. The van der Waals surface area contributed by atoms with Gasteiger partial charge in [-0.2, -0.15) is 13.2 Å². The largest absolute Gasteiger partial charge is 0.433 e. The third-order valence-corrected chi connectivity index (χ3v) is 5.34. The number of aryl methyl sites for hydroxylation is 3. The Hall–Kier alpha value is -3.90. The monoisotopic (exact) mass is 477 g/mol. The van der Waals surface area contributed by atoms with Gasteiger partial charge in [-0.3, -0.25) is 13.9 Å². The number of nitrogens with one attached hydrogen (secondary N) is 1. The molecule has 0 bridgehead atoms. The first-order valence-corrected chi connectivity index (χ1v) is 10.5. The molecule has 34 heavy (non-hydrogen) atoms. The number of nitrogens with zero attached hydrogens (tertiary/aromatic N) is 6. The minimum atomic E-state index is -4.56. The van der Waals surface area contributed by atoms with E-state index < -0.39 is 23.1 Å². The lowest BCUT2D eigenvalue weighted by Gasteiger charge is -2.13. The quantitative estimate of drug-likeness (QED) is 0.435. The summed E-state index contributed by atoms with van der Waals surface area (Å²) in [6, 6.07) is 4.20. The van der Waals surface area contributed by atoms with E-state index in [1.807, 2.05) is 0 Å².